The summed E-state index contributed by atoms with van der Waals surface area (Å²) in [6, 6.07) is 17.6. The van der Waals surface area contributed by atoms with Crippen LogP contribution in [0.2, 0.25) is 5.02 Å². The first-order chi connectivity index (χ1) is 20.7. The SMILES string of the molecule is CCOC(=O)C1=C(C)N=c2s/c(=C\c3ccc(OCc4ccc([N+](=O)[O-])cc4)c(OC)c3)c(=O)n2[C@@H]1c1ccccc1Cl. The second-order valence-electron chi connectivity index (χ2n) is 9.45. The van der Waals surface area contributed by atoms with Gasteiger partial charge in [-0.25, -0.2) is 9.79 Å². The number of methoxy groups -OCH3 is 1. The molecule has 0 fully saturated rings. The molecular formula is C31H26ClN3O7S. The normalized spacial score (nSPS) is 14.6. The lowest BCUT2D eigenvalue weighted by Gasteiger charge is -2.25. The van der Waals surface area contributed by atoms with Crippen molar-refractivity contribution in [3.8, 4) is 11.5 Å². The van der Waals surface area contributed by atoms with Gasteiger partial charge in [-0.2, -0.15) is 0 Å². The number of nitro groups is 1. The van der Waals surface area contributed by atoms with Crippen LogP contribution in [0.1, 0.15) is 36.6 Å². The summed E-state index contributed by atoms with van der Waals surface area (Å²) in [5.41, 5.74) is 2.40. The third kappa shape index (κ3) is 6.08. The molecule has 220 valence electrons. The molecular weight excluding hydrogens is 594 g/mol. The van der Waals surface area contributed by atoms with E-state index in [1.54, 1.807) is 74.5 Å². The fourth-order valence-corrected chi connectivity index (χ4v) is 5.99. The third-order valence-corrected chi connectivity index (χ3v) is 8.07. The summed E-state index contributed by atoms with van der Waals surface area (Å²) in [6.07, 6.45) is 1.72. The van der Waals surface area contributed by atoms with Crippen molar-refractivity contribution in [2.75, 3.05) is 13.7 Å². The van der Waals surface area contributed by atoms with E-state index in [9.17, 15) is 19.7 Å². The smallest absolute Gasteiger partial charge is 0.338 e. The summed E-state index contributed by atoms with van der Waals surface area (Å²) in [4.78, 5) is 42.4. The number of hydrogen-bond donors (Lipinski definition) is 0. The minimum Gasteiger partial charge on any atom is -0.493 e. The molecule has 0 radical (unpaired) electrons. The Morgan fingerprint density at radius 3 is 2.56 bits per heavy atom. The highest BCUT2D eigenvalue weighted by atomic mass is 35.5. The van der Waals surface area contributed by atoms with E-state index in [0.29, 0.717) is 42.7 Å². The Labute approximate surface area is 254 Å². The first kappa shape index (κ1) is 29.7. The van der Waals surface area contributed by atoms with Crippen molar-refractivity contribution < 1.29 is 23.9 Å². The molecule has 0 spiro atoms. The molecule has 3 aromatic carbocycles. The lowest BCUT2D eigenvalue weighted by Crippen LogP contribution is -2.40. The highest BCUT2D eigenvalue weighted by Gasteiger charge is 2.34. The van der Waals surface area contributed by atoms with Gasteiger partial charge in [-0.05, 0) is 66.9 Å². The lowest BCUT2D eigenvalue weighted by atomic mass is 9.96. The monoisotopic (exact) mass is 619 g/mol. The van der Waals surface area contributed by atoms with Gasteiger partial charge < -0.3 is 14.2 Å². The van der Waals surface area contributed by atoms with Crippen LogP contribution >= 0.6 is 22.9 Å². The molecule has 1 aliphatic rings. The number of non-ortho nitro benzene ring substituents is 1. The molecule has 0 bridgehead atoms. The van der Waals surface area contributed by atoms with Crippen LogP contribution in [-0.4, -0.2) is 29.2 Å². The number of rotatable bonds is 9. The fourth-order valence-electron chi connectivity index (χ4n) is 4.70. The maximum Gasteiger partial charge on any atom is 0.338 e. The van der Waals surface area contributed by atoms with Crippen molar-refractivity contribution in [3.63, 3.8) is 0 Å². The van der Waals surface area contributed by atoms with Gasteiger partial charge >= 0.3 is 5.97 Å². The maximum atomic E-state index is 13.9. The van der Waals surface area contributed by atoms with Crippen molar-refractivity contribution in [1.29, 1.82) is 0 Å². The number of benzene rings is 3. The van der Waals surface area contributed by atoms with Crippen molar-refractivity contribution in [2.45, 2.75) is 26.5 Å². The van der Waals surface area contributed by atoms with Crippen molar-refractivity contribution >= 4 is 40.7 Å². The number of nitrogens with zero attached hydrogens (tertiary/aromatic N) is 3. The number of aromatic nitrogens is 1. The number of hydrogen-bond acceptors (Lipinski definition) is 9. The summed E-state index contributed by atoms with van der Waals surface area (Å²) >= 11 is 7.76. The van der Waals surface area contributed by atoms with Gasteiger partial charge in [-0.3, -0.25) is 19.5 Å². The predicted molar refractivity (Wildman–Crippen MR) is 162 cm³/mol. The summed E-state index contributed by atoms with van der Waals surface area (Å²) in [7, 11) is 1.51. The minimum absolute atomic E-state index is 0.00132. The lowest BCUT2D eigenvalue weighted by molar-refractivity contribution is -0.384. The van der Waals surface area contributed by atoms with Crippen LogP contribution in [0.25, 0.3) is 6.08 Å². The summed E-state index contributed by atoms with van der Waals surface area (Å²) < 4.78 is 18.6. The second-order valence-corrected chi connectivity index (χ2v) is 10.9. The standard InChI is InChI=1S/C31H26ClN3O7S/c1-4-41-30(37)27-18(2)33-31-34(28(27)22-7-5-6-8-23(22)32)29(36)26(43-31)16-20-11-14-24(25(15-20)40-3)42-17-19-9-12-21(13-10-19)35(38)39/h5-16,28H,4,17H2,1-3H3/b26-16-/t28-/m1/s1. The van der Waals surface area contributed by atoms with Gasteiger partial charge in [-0.15, -0.1) is 0 Å². The van der Waals surface area contributed by atoms with Crippen LogP contribution in [0.15, 0.2) is 87.8 Å². The van der Waals surface area contributed by atoms with Crippen LogP contribution in [0.4, 0.5) is 5.69 Å². The van der Waals surface area contributed by atoms with E-state index in [1.165, 1.54) is 35.1 Å². The molecule has 4 aromatic rings. The molecule has 2 heterocycles. The van der Waals surface area contributed by atoms with E-state index >= 15 is 0 Å². The van der Waals surface area contributed by atoms with Crippen molar-refractivity contribution in [1.82, 2.24) is 4.57 Å². The molecule has 0 saturated carbocycles. The highest BCUT2D eigenvalue weighted by Crippen LogP contribution is 2.34. The van der Waals surface area contributed by atoms with Gasteiger partial charge in [0.05, 0.1) is 34.4 Å². The highest BCUT2D eigenvalue weighted by molar-refractivity contribution is 7.07. The Bertz CT molecular complexity index is 1930. The van der Waals surface area contributed by atoms with E-state index < -0.39 is 16.9 Å². The van der Waals surface area contributed by atoms with E-state index in [0.717, 1.165) is 5.56 Å². The van der Waals surface area contributed by atoms with Gasteiger partial charge in [-0.1, -0.05) is 47.2 Å². The molecule has 0 N–H and O–H groups in total. The molecule has 10 nitrogen and oxygen atoms in total. The second kappa shape index (κ2) is 12.6. The zero-order chi connectivity index (χ0) is 30.7. The topological polar surface area (TPSA) is 122 Å². The van der Waals surface area contributed by atoms with Crippen molar-refractivity contribution in [3.05, 3.63) is 130 Å². The van der Waals surface area contributed by atoms with Gasteiger partial charge in [0.25, 0.3) is 11.2 Å². The first-order valence-electron chi connectivity index (χ1n) is 13.2. The molecule has 0 amide bonds. The molecule has 0 saturated heterocycles. The summed E-state index contributed by atoms with van der Waals surface area (Å²) in [6.45, 7) is 3.78. The molecule has 12 heteroatoms. The van der Waals surface area contributed by atoms with Gasteiger partial charge in [0, 0.05) is 17.2 Å². The van der Waals surface area contributed by atoms with E-state index in [1.807, 2.05) is 0 Å². The number of carbonyl (C=O) groups is 1. The predicted octanol–water partition coefficient (Wildman–Crippen LogP) is 4.95. The van der Waals surface area contributed by atoms with E-state index in [-0.39, 0.29) is 30.0 Å². The van der Waals surface area contributed by atoms with Crippen LogP contribution < -0.4 is 24.4 Å². The van der Waals surface area contributed by atoms with Crippen LogP contribution in [0.3, 0.4) is 0 Å². The number of allylic oxidation sites excluding steroid dienone is 1. The summed E-state index contributed by atoms with van der Waals surface area (Å²) in [5, 5.41) is 11.3. The zero-order valence-electron chi connectivity index (χ0n) is 23.4. The van der Waals surface area contributed by atoms with Crippen LogP contribution in [0.5, 0.6) is 11.5 Å². The van der Waals surface area contributed by atoms with Gasteiger partial charge in [0.15, 0.2) is 16.3 Å². The largest absolute Gasteiger partial charge is 0.493 e. The van der Waals surface area contributed by atoms with Crippen molar-refractivity contribution in [2.24, 2.45) is 4.99 Å². The number of thiazole rings is 1. The van der Waals surface area contributed by atoms with E-state index in [2.05, 4.69) is 4.99 Å². The first-order valence-corrected chi connectivity index (χ1v) is 14.4. The van der Waals surface area contributed by atoms with Crippen LogP contribution in [0, 0.1) is 10.1 Å². The number of halogens is 1. The number of nitro benzene ring substituents is 1. The Hall–Kier alpha value is -4.74. The molecule has 0 aliphatic carbocycles. The number of esters is 1. The molecule has 1 atom stereocenters. The minimum atomic E-state index is -0.809. The molecule has 5 rings (SSSR count). The molecule has 0 unspecified atom stereocenters. The number of fused-ring (bicyclic) bond motifs is 1. The Kier molecular flexibility index (Phi) is 8.74. The number of carbonyl (C=O) groups excluding carboxylic acids is 1. The Morgan fingerprint density at radius 1 is 1.14 bits per heavy atom. The summed E-state index contributed by atoms with van der Waals surface area (Å²) in [5.74, 6) is 0.350. The third-order valence-electron chi connectivity index (χ3n) is 6.74. The molecule has 43 heavy (non-hydrogen) atoms. The zero-order valence-corrected chi connectivity index (χ0v) is 25.0. The fraction of sp³-hybridized carbons (Fsp3) is 0.194. The Morgan fingerprint density at radius 2 is 1.88 bits per heavy atom. The maximum absolute atomic E-state index is 13.9. The number of ether oxygens (including phenoxy) is 3. The van der Waals surface area contributed by atoms with Gasteiger partial charge in [0.1, 0.15) is 12.6 Å². The Balaban J connectivity index is 1.51. The van der Waals surface area contributed by atoms with Gasteiger partial charge in [0.2, 0.25) is 0 Å². The molecule has 1 aliphatic heterocycles. The molecule has 1 aromatic heterocycles. The average molecular weight is 620 g/mol. The average Bonchev–Trinajstić information content (AvgIpc) is 3.30. The van der Waals surface area contributed by atoms with E-state index in [4.69, 9.17) is 25.8 Å². The van der Waals surface area contributed by atoms with Crippen LogP contribution in [-0.2, 0) is 16.1 Å². The quantitative estimate of drug-likeness (QED) is 0.148.